The van der Waals surface area contributed by atoms with Gasteiger partial charge in [-0.3, -0.25) is 4.39 Å². The maximum Gasteiger partial charge on any atom is 0.214 e. The number of hydrogen-bond donors (Lipinski definition) is 0. The van der Waals surface area contributed by atoms with Crippen molar-refractivity contribution in [3.8, 4) is 0 Å². The van der Waals surface area contributed by atoms with Crippen molar-refractivity contribution < 1.29 is 12.8 Å². The number of halogens is 1. The lowest BCUT2D eigenvalue weighted by Gasteiger charge is -2.29. The Morgan fingerprint density at radius 1 is 1.23 bits per heavy atom. The highest BCUT2D eigenvalue weighted by Gasteiger charge is 2.35. The van der Waals surface area contributed by atoms with E-state index >= 15 is 0 Å². The molecule has 1 atom stereocenters. The molecule has 0 N–H and O–H groups in total. The zero-order chi connectivity index (χ0) is 15.6. The minimum Gasteiger partial charge on any atom is -0.369 e. The van der Waals surface area contributed by atoms with Gasteiger partial charge in [0, 0.05) is 31.4 Å². The van der Waals surface area contributed by atoms with Gasteiger partial charge in [-0.05, 0) is 37.3 Å². The van der Waals surface area contributed by atoms with Gasteiger partial charge in [-0.25, -0.2) is 8.42 Å². The zero-order valence-corrected chi connectivity index (χ0v) is 13.6. The molecule has 0 spiro atoms. The summed E-state index contributed by atoms with van der Waals surface area (Å²) in [5.41, 5.74) is 2.57. The van der Waals surface area contributed by atoms with E-state index in [2.05, 4.69) is 17.0 Å². The summed E-state index contributed by atoms with van der Waals surface area (Å²) in [6.45, 7) is 1.70. The van der Waals surface area contributed by atoms with Gasteiger partial charge in [-0.2, -0.15) is 4.31 Å². The summed E-state index contributed by atoms with van der Waals surface area (Å²) in [6, 6.07) is 8.35. The Bertz CT molecular complexity index is 620. The van der Waals surface area contributed by atoms with E-state index in [0.29, 0.717) is 6.54 Å². The van der Waals surface area contributed by atoms with Crippen molar-refractivity contribution in [2.75, 3.05) is 37.0 Å². The molecule has 22 heavy (non-hydrogen) atoms. The quantitative estimate of drug-likeness (QED) is 0.805. The van der Waals surface area contributed by atoms with Crippen LogP contribution >= 0.6 is 0 Å². The number of hydrogen-bond acceptors (Lipinski definition) is 3. The Hall–Kier alpha value is -1.14. The second-order valence-corrected chi connectivity index (χ2v) is 8.13. The molecule has 2 aliphatic rings. The number of fused-ring (bicyclic) bond motifs is 1. The number of sulfonamides is 1. The molecule has 3 rings (SSSR count). The van der Waals surface area contributed by atoms with Crippen molar-refractivity contribution in [3.05, 3.63) is 29.8 Å². The molecule has 1 unspecified atom stereocenters. The lowest BCUT2D eigenvalue weighted by atomic mass is 10.2. The fourth-order valence-corrected chi connectivity index (χ4v) is 5.30. The summed E-state index contributed by atoms with van der Waals surface area (Å²) in [6.07, 6.45) is 2.91. The fraction of sp³-hybridized carbons (Fsp3) is 0.625. The fourth-order valence-electron chi connectivity index (χ4n) is 3.56. The van der Waals surface area contributed by atoms with Crippen molar-refractivity contribution in [1.82, 2.24) is 4.31 Å². The van der Waals surface area contributed by atoms with Crippen LogP contribution in [0.1, 0.15) is 24.8 Å². The average molecular weight is 326 g/mol. The highest BCUT2D eigenvalue weighted by molar-refractivity contribution is 7.89. The lowest BCUT2D eigenvalue weighted by Crippen LogP contribution is -2.43. The van der Waals surface area contributed by atoms with Gasteiger partial charge in [-0.1, -0.05) is 18.2 Å². The molecule has 122 valence electrons. The topological polar surface area (TPSA) is 40.6 Å². The molecule has 0 bridgehead atoms. The molecule has 1 aromatic rings. The second kappa shape index (κ2) is 6.54. The maximum atomic E-state index is 12.4. The Morgan fingerprint density at radius 2 is 2.05 bits per heavy atom. The number of para-hydroxylation sites is 1. The SMILES string of the molecule is O=S(=O)(CCCF)N1CCCC1CN1CCc2ccccc21. The van der Waals surface area contributed by atoms with Gasteiger partial charge in [0.05, 0.1) is 12.4 Å². The van der Waals surface area contributed by atoms with E-state index in [1.165, 1.54) is 11.3 Å². The van der Waals surface area contributed by atoms with Crippen LogP contribution in [0.5, 0.6) is 0 Å². The Kier molecular flexibility index (Phi) is 4.68. The van der Waals surface area contributed by atoms with Crippen LogP contribution in [-0.4, -0.2) is 50.8 Å². The van der Waals surface area contributed by atoms with Gasteiger partial charge in [0.1, 0.15) is 0 Å². The van der Waals surface area contributed by atoms with Crippen LogP contribution in [0.15, 0.2) is 24.3 Å². The Labute approximate surface area is 132 Å². The van der Waals surface area contributed by atoms with Crippen LogP contribution in [0.2, 0.25) is 0 Å². The highest BCUT2D eigenvalue weighted by atomic mass is 32.2. The zero-order valence-electron chi connectivity index (χ0n) is 12.7. The first-order valence-electron chi connectivity index (χ1n) is 8.00. The van der Waals surface area contributed by atoms with E-state index in [4.69, 9.17) is 0 Å². The predicted octanol–water partition coefficient (Wildman–Crippen LogP) is 2.20. The summed E-state index contributed by atoms with van der Waals surface area (Å²) in [7, 11) is -3.32. The lowest BCUT2D eigenvalue weighted by molar-refractivity contribution is 0.384. The number of anilines is 1. The van der Waals surface area contributed by atoms with Gasteiger partial charge in [0.25, 0.3) is 0 Å². The standard InChI is InChI=1S/C16H23FN2O2S/c17-9-4-12-22(20,21)19-10-3-6-15(19)13-18-11-8-14-5-1-2-7-16(14)18/h1-2,5,7,15H,3-4,6,8-13H2. The summed E-state index contributed by atoms with van der Waals surface area (Å²) in [4.78, 5) is 2.29. The number of benzene rings is 1. The molecular weight excluding hydrogens is 303 g/mol. The summed E-state index contributed by atoms with van der Waals surface area (Å²) >= 11 is 0. The van der Waals surface area contributed by atoms with Crippen LogP contribution in [0, 0.1) is 0 Å². The first-order valence-corrected chi connectivity index (χ1v) is 9.61. The monoisotopic (exact) mass is 326 g/mol. The number of alkyl halides is 1. The molecule has 1 aromatic carbocycles. The minimum absolute atomic E-state index is 0.0239. The largest absolute Gasteiger partial charge is 0.369 e. The molecule has 1 fully saturated rings. The van der Waals surface area contributed by atoms with Crippen molar-refractivity contribution in [1.29, 1.82) is 0 Å². The van der Waals surface area contributed by atoms with Crippen molar-refractivity contribution in [3.63, 3.8) is 0 Å². The van der Waals surface area contributed by atoms with E-state index < -0.39 is 16.7 Å². The van der Waals surface area contributed by atoms with Gasteiger partial charge in [0.15, 0.2) is 0 Å². The van der Waals surface area contributed by atoms with E-state index in [-0.39, 0.29) is 18.2 Å². The Balaban J connectivity index is 1.70. The van der Waals surface area contributed by atoms with Gasteiger partial charge >= 0.3 is 0 Å². The summed E-state index contributed by atoms with van der Waals surface area (Å²) in [5, 5.41) is 0. The molecule has 6 heteroatoms. The smallest absolute Gasteiger partial charge is 0.214 e. The summed E-state index contributed by atoms with van der Waals surface area (Å²) < 4.78 is 38.6. The van der Waals surface area contributed by atoms with E-state index in [1.807, 2.05) is 12.1 Å². The van der Waals surface area contributed by atoms with Crippen molar-refractivity contribution >= 4 is 15.7 Å². The van der Waals surface area contributed by atoms with Crippen LogP contribution in [0.4, 0.5) is 10.1 Å². The minimum atomic E-state index is -3.32. The first kappa shape index (κ1) is 15.7. The average Bonchev–Trinajstić information content (AvgIpc) is 3.14. The first-order chi connectivity index (χ1) is 10.6. The third-order valence-electron chi connectivity index (χ3n) is 4.63. The van der Waals surface area contributed by atoms with Gasteiger partial charge in [0.2, 0.25) is 10.0 Å². The normalized spacial score (nSPS) is 22.2. The molecular formula is C16H23FN2O2S. The number of nitrogens with zero attached hydrogens (tertiary/aromatic N) is 2. The van der Waals surface area contributed by atoms with Crippen LogP contribution in [0.25, 0.3) is 0 Å². The molecule has 0 aliphatic carbocycles. The van der Waals surface area contributed by atoms with E-state index in [9.17, 15) is 12.8 Å². The molecule has 2 heterocycles. The predicted molar refractivity (Wildman–Crippen MR) is 86.5 cm³/mol. The van der Waals surface area contributed by atoms with Crippen LogP contribution in [0.3, 0.4) is 0 Å². The van der Waals surface area contributed by atoms with Crippen LogP contribution in [-0.2, 0) is 16.4 Å². The van der Waals surface area contributed by atoms with E-state index in [1.54, 1.807) is 4.31 Å². The third-order valence-corrected chi connectivity index (χ3v) is 6.63. The molecule has 0 amide bonds. The molecule has 2 aliphatic heterocycles. The molecule has 0 aromatic heterocycles. The van der Waals surface area contributed by atoms with Gasteiger partial charge < -0.3 is 4.90 Å². The highest BCUT2D eigenvalue weighted by Crippen LogP contribution is 2.30. The molecule has 1 saturated heterocycles. The van der Waals surface area contributed by atoms with Gasteiger partial charge in [-0.15, -0.1) is 0 Å². The molecule has 4 nitrogen and oxygen atoms in total. The van der Waals surface area contributed by atoms with E-state index in [0.717, 1.165) is 32.4 Å². The van der Waals surface area contributed by atoms with Crippen LogP contribution < -0.4 is 4.90 Å². The van der Waals surface area contributed by atoms with Crippen molar-refractivity contribution in [2.45, 2.75) is 31.7 Å². The van der Waals surface area contributed by atoms with Crippen molar-refractivity contribution in [2.24, 2.45) is 0 Å². The summed E-state index contributed by atoms with van der Waals surface area (Å²) in [5.74, 6) is -0.0728. The Morgan fingerprint density at radius 3 is 2.86 bits per heavy atom. The molecule has 0 saturated carbocycles. The molecule has 0 radical (unpaired) electrons. The second-order valence-electron chi connectivity index (χ2n) is 6.09. The maximum absolute atomic E-state index is 12.4. The third kappa shape index (κ3) is 3.13. The number of rotatable bonds is 6.